The van der Waals surface area contributed by atoms with Crippen LogP contribution in [0.3, 0.4) is 0 Å². The van der Waals surface area contributed by atoms with Crippen molar-refractivity contribution in [3.8, 4) is 0 Å². The van der Waals surface area contributed by atoms with Crippen LogP contribution in [0.5, 0.6) is 0 Å². The highest BCUT2D eigenvalue weighted by atomic mass is 16.2. The van der Waals surface area contributed by atoms with Crippen LogP contribution in [0.4, 0.5) is 0 Å². The van der Waals surface area contributed by atoms with Gasteiger partial charge in [-0.25, -0.2) is 0 Å². The van der Waals surface area contributed by atoms with E-state index < -0.39 is 0 Å². The van der Waals surface area contributed by atoms with E-state index in [0.717, 1.165) is 19.6 Å². The second kappa shape index (κ2) is 6.39. The normalized spacial score (nSPS) is 18.8. The third-order valence-electron chi connectivity index (χ3n) is 3.97. The number of nitrogens with zero attached hydrogens (tertiary/aromatic N) is 1. The van der Waals surface area contributed by atoms with Gasteiger partial charge in [0.1, 0.15) is 0 Å². The summed E-state index contributed by atoms with van der Waals surface area (Å²) in [5.74, 6) is 0.238. The van der Waals surface area contributed by atoms with E-state index in [9.17, 15) is 4.79 Å². The zero-order chi connectivity index (χ0) is 12.9. The molecule has 0 radical (unpaired) electrons. The molecule has 1 saturated carbocycles. The molecule has 1 amide bonds. The molecule has 0 heterocycles. The number of carbonyl (C=O) groups is 1. The molecule has 1 atom stereocenters. The SMILES string of the molecule is CCCC1(CNC(C)C(=O)N(CC)CC)CC1. The van der Waals surface area contributed by atoms with E-state index in [0.29, 0.717) is 5.41 Å². The summed E-state index contributed by atoms with van der Waals surface area (Å²) in [5.41, 5.74) is 0.520. The quantitative estimate of drug-likeness (QED) is 0.706. The fraction of sp³-hybridized carbons (Fsp3) is 0.929. The Bertz CT molecular complexity index is 245. The van der Waals surface area contributed by atoms with Crippen LogP contribution in [0.15, 0.2) is 0 Å². The molecule has 3 nitrogen and oxygen atoms in total. The van der Waals surface area contributed by atoms with Gasteiger partial charge in [-0.2, -0.15) is 0 Å². The van der Waals surface area contributed by atoms with Crippen LogP contribution < -0.4 is 5.32 Å². The van der Waals surface area contributed by atoms with Gasteiger partial charge in [-0.05, 0) is 45.4 Å². The minimum absolute atomic E-state index is 0.0377. The van der Waals surface area contributed by atoms with Crippen LogP contribution in [0.2, 0.25) is 0 Å². The Morgan fingerprint density at radius 3 is 2.29 bits per heavy atom. The first kappa shape index (κ1) is 14.5. The summed E-state index contributed by atoms with van der Waals surface area (Å²) in [4.78, 5) is 14.0. The second-order valence-corrected chi connectivity index (χ2v) is 5.36. The molecule has 100 valence electrons. The summed E-state index contributed by atoms with van der Waals surface area (Å²) < 4.78 is 0. The Balaban J connectivity index is 2.34. The zero-order valence-electron chi connectivity index (χ0n) is 11.9. The molecule has 1 aliphatic rings. The van der Waals surface area contributed by atoms with Crippen molar-refractivity contribution < 1.29 is 4.79 Å². The van der Waals surface area contributed by atoms with Crippen molar-refractivity contribution in [1.29, 1.82) is 0 Å². The number of likely N-dealkylation sites (N-methyl/N-ethyl adjacent to an activating group) is 1. The van der Waals surface area contributed by atoms with Crippen molar-refractivity contribution in [2.45, 2.75) is 59.4 Å². The van der Waals surface area contributed by atoms with Gasteiger partial charge in [0.25, 0.3) is 0 Å². The fourth-order valence-electron chi connectivity index (χ4n) is 2.49. The Hall–Kier alpha value is -0.570. The van der Waals surface area contributed by atoms with Gasteiger partial charge in [-0.15, -0.1) is 0 Å². The molecule has 3 heteroatoms. The van der Waals surface area contributed by atoms with Gasteiger partial charge >= 0.3 is 0 Å². The summed E-state index contributed by atoms with van der Waals surface area (Å²) >= 11 is 0. The van der Waals surface area contributed by atoms with E-state index in [-0.39, 0.29) is 11.9 Å². The topological polar surface area (TPSA) is 32.3 Å². The van der Waals surface area contributed by atoms with Gasteiger partial charge < -0.3 is 10.2 Å². The standard InChI is InChI=1S/C14H28N2O/c1-5-8-14(9-10-14)11-15-12(4)13(17)16(6-2)7-3/h12,15H,5-11H2,1-4H3. The fourth-order valence-corrected chi connectivity index (χ4v) is 2.49. The van der Waals surface area contributed by atoms with Gasteiger partial charge in [0.15, 0.2) is 0 Å². The maximum Gasteiger partial charge on any atom is 0.239 e. The lowest BCUT2D eigenvalue weighted by Gasteiger charge is -2.25. The van der Waals surface area contributed by atoms with Crippen molar-refractivity contribution in [2.24, 2.45) is 5.41 Å². The first-order chi connectivity index (χ1) is 8.08. The predicted octanol–water partition coefficient (Wildman–Crippen LogP) is 2.41. The Morgan fingerprint density at radius 1 is 1.29 bits per heavy atom. The molecule has 1 N–H and O–H groups in total. The molecular weight excluding hydrogens is 212 g/mol. The van der Waals surface area contributed by atoms with Crippen molar-refractivity contribution in [3.63, 3.8) is 0 Å². The first-order valence-corrected chi connectivity index (χ1v) is 7.10. The molecule has 0 aliphatic heterocycles. The Labute approximate surface area is 106 Å². The van der Waals surface area contributed by atoms with Crippen molar-refractivity contribution >= 4 is 5.91 Å². The molecular formula is C14H28N2O. The number of hydrogen-bond acceptors (Lipinski definition) is 2. The lowest BCUT2D eigenvalue weighted by molar-refractivity contribution is -0.132. The van der Waals surface area contributed by atoms with E-state index in [1.807, 2.05) is 25.7 Å². The van der Waals surface area contributed by atoms with Crippen LogP contribution in [-0.4, -0.2) is 36.5 Å². The summed E-state index contributed by atoms with van der Waals surface area (Å²) in [6.45, 7) is 10.9. The molecule has 1 unspecified atom stereocenters. The number of amides is 1. The largest absolute Gasteiger partial charge is 0.342 e. The third-order valence-corrected chi connectivity index (χ3v) is 3.97. The minimum Gasteiger partial charge on any atom is -0.342 e. The second-order valence-electron chi connectivity index (χ2n) is 5.36. The summed E-state index contributed by atoms with van der Waals surface area (Å²) in [7, 11) is 0. The minimum atomic E-state index is -0.0377. The van der Waals surface area contributed by atoms with Gasteiger partial charge in [0, 0.05) is 19.6 Å². The van der Waals surface area contributed by atoms with Gasteiger partial charge in [-0.1, -0.05) is 13.3 Å². The van der Waals surface area contributed by atoms with E-state index in [1.165, 1.54) is 25.7 Å². The summed E-state index contributed by atoms with van der Waals surface area (Å²) in [6.07, 6.45) is 5.21. The van der Waals surface area contributed by atoms with Gasteiger partial charge in [-0.3, -0.25) is 4.79 Å². The molecule has 0 aromatic carbocycles. The number of rotatable bonds is 8. The van der Waals surface area contributed by atoms with Crippen LogP contribution >= 0.6 is 0 Å². The van der Waals surface area contributed by atoms with Crippen molar-refractivity contribution in [1.82, 2.24) is 10.2 Å². The highest BCUT2D eigenvalue weighted by Crippen LogP contribution is 2.48. The zero-order valence-corrected chi connectivity index (χ0v) is 11.9. The predicted molar refractivity (Wildman–Crippen MR) is 72.0 cm³/mol. The third kappa shape index (κ3) is 3.98. The monoisotopic (exact) mass is 240 g/mol. The van der Waals surface area contributed by atoms with Crippen LogP contribution in [-0.2, 0) is 4.79 Å². The molecule has 0 bridgehead atoms. The highest BCUT2D eigenvalue weighted by molar-refractivity contribution is 5.81. The summed E-state index contributed by atoms with van der Waals surface area (Å²) in [5, 5.41) is 3.43. The smallest absolute Gasteiger partial charge is 0.239 e. The first-order valence-electron chi connectivity index (χ1n) is 7.10. The molecule has 1 rings (SSSR count). The Kier molecular flexibility index (Phi) is 5.44. The van der Waals surface area contributed by atoms with Crippen LogP contribution in [0.25, 0.3) is 0 Å². The molecule has 17 heavy (non-hydrogen) atoms. The molecule has 0 spiro atoms. The van der Waals surface area contributed by atoms with Gasteiger partial charge in [0.2, 0.25) is 5.91 Å². The van der Waals surface area contributed by atoms with E-state index in [4.69, 9.17) is 0 Å². The van der Waals surface area contributed by atoms with Crippen LogP contribution in [0.1, 0.15) is 53.4 Å². The van der Waals surface area contributed by atoms with Gasteiger partial charge in [0.05, 0.1) is 6.04 Å². The number of hydrogen-bond donors (Lipinski definition) is 1. The molecule has 0 aromatic heterocycles. The molecule has 0 aromatic rings. The van der Waals surface area contributed by atoms with E-state index >= 15 is 0 Å². The highest BCUT2D eigenvalue weighted by Gasteiger charge is 2.41. The molecule has 1 aliphatic carbocycles. The maximum absolute atomic E-state index is 12.1. The maximum atomic E-state index is 12.1. The van der Waals surface area contributed by atoms with Crippen LogP contribution in [0, 0.1) is 5.41 Å². The molecule has 1 fully saturated rings. The molecule has 0 saturated heterocycles. The average molecular weight is 240 g/mol. The number of nitrogens with one attached hydrogen (secondary N) is 1. The van der Waals surface area contributed by atoms with Crippen molar-refractivity contribution in [3.05, 3.63) is 0 Å². The Morgan fingerprint density at radius 2 is 1.88 bits per heavy atom. The van der Waals surface area contributed by atoms with Crippen molar-refractivity contribution in [2.75, 3.05) is 19.6 Å². The average Bonchev–Trinajstić information content (AvgIpc) is 3.08. The van der Waals surface area contributed by atoms with E-state index in [1.54, 1.807) is 0 Å². The lowest BCUT2D eigenvalue weighted by Crippen LogP contribution is -2.46. The number of carbonyl (C=O) groups excluding carboxylic acids is 1. The summed E-state index contributed by atoms with van der Waals surface area (Å²) in [6, 6.07) is -0.0377. The lowest BCUT2D eigenvalue weighted by atomic mass is 10.0. The van der Waals surface area contributed by atoms with E-state index in [2.05, 4.69) is 12.2 Å².